The van der Waals surface area contributed by atoms with Crippen molar-refractivity contribution in [1.29, 1.82) is 0 Å². The molecule has 0 aromatic carbocycles. The van der Waals surface area contributed by atoms with E-state index in [1.54, 1.807) is 20.8 Å². The van der Waals surface area contributed by atoms with Crippen LogP contribution in [0.15, 0.2) is 12.7 Å². The van der Waals surface area contributed by atoms with Gasteiger partial charge in [-0.2, -0.15) is 0 Å². The summed E-state index contributed by atoms with van der Waals surface area (Å²) >= 11 is 0. The minimum atomic E-state index is -0.685. The van der Waals surface area contributed by atoms with Gasteiger partial charge in [-0.05, 0) is 73.5 Å². The number of amides is 2. The smallest absolute Gasteiger partial charge is 0.408 e. The third-order valence-electron chi connectivity index (χ3n) is 6.42. The predicted molar refractivity (Wildman–Crippen MR) is 243 cm³/mol. The van der Waals surface area contributed by atoms with E-state index in [9.17, 15) is 28.8 Å². The second-order valence-electron chi connectivity index (χ2n) is 21.7. The standard InChI is InChI=1S/C16H31NO4.C15H27NO4.C9H18O2.C7H14O2/c1-11(2)9-12(13(18)20-10-15(3,4)5)17-14(19)21-16(6,7)8;1-7-8-19-14(18)16-12(9-11(2)3)13(17)20-10-15(4,5)6;1-5-6-8(10)11-7-9(2,3)4;1-6(8)9-5-7(2,3)4/h11-12H,9-10H2,1-8H3,(H,17,19);7,11-12H,1,8-10H2,2-6H3,(H,16,18);5-7H2,1-4H3;5H2,1-4H3. The summed E-state index contributed by atoms with van der Waals surface area (Å²) in [6.45, 7) is 46.0. The first kappa shape index (κ1) is 63.8. The first-order valence-electron chi connectivity index (χ1n) is 21.5. The first-order chi connectivity index (χ1) is 27.3. The van der Waals surface area contributed by atoms with Crippen LogP contribution in [-0.2, 0) is 47.6 Å². The van der Waals surface area contributed by atoms with Crippen molar-refractivity contribution in [2.75, 3.05) is 33.0 Å². The molecule has 61 heavy (non-hydrogen) atoms. The Morgan fingerprint density at radius 1 is 0.541 bits per heavy atom. The summed E-state index contributed by atoms with van der Waals surface area (Å²) in [5.41, 5.74) is -0.637. The zero-order valence-electron chi connectivity index (χ0n) is 42.4. The SMILES string of the molecule is C=CCOC(=O)NC(CC(C)C)C(=O)OCC(C)(C)C.CC(=O)OCC(C)(C)C.CC(C)CC(NC(=O)OC(C)(C)C)C(=O)OCC(C)(C)C.CCCC(=O)OCC(C)(C)C. The summed E-state index contributed by atoms with van der Waals surface area (Å²) in [5, 5.41) is 5.14. The van der Waals surface area contributed by atoms with Gasteiger partial charge in [0.2, 0.25) is 0 Å². The third-order valence-corrected chi connectivity index (χ3v) is 6.42. The molecule has 0 aliphatic heterocycles. The summed E-state index contributed by atoms with van der Waals surface area (Å²) in [6.07, 6.45) is 2.66. The maximum absolute atomic E-state index is 12.1. The van der Waals surface area contributed by atoms with Crippen molar-refractivity contribution < 1.29 is 57.2 Å². The maximum Gasteiger partial charge on any atom is 0.408 e. The highest BCUT2D eigenvalue weighted by Gasteiger charge is 2.28. The Bertz CT molecular complexity index is 1270. The average Bonchev–Trinajstić information content (AvgIpc) is 3.04. The fourth-order valence-corrected chi connectivity index (χ4v) is 3.81. The van der Waals surface area contributed by atoms with Gasteiger partial charge in [0.1, 0.15) is 24.3 Å². The van der Waals surface area contributed by atoms with Crippen LogP contribution in [0.5, 0.6) is 0 Å². The van der Waals surface area contributed by atoms with E-state index in [1.807, 2.05) is 118 Å². The number of ether oxygens (including phenoxy) is 6. The van der Waals surface area contributed by atoms with E-state index >= 15 is 0 Å². The molecule has 2 atom stereocenters. The van der Waals surface area contributed by atoms with Gasteiger partial charge in [0.05, 0.1) is 26.4 Å². The minimum Gasteiger partial charge on any atom is -0.465 e. The molecule has 360 valence electrons. The Balaban J connectivity index is -0.000000375. The first-order valence-corrected chi connectivity index (χ1v) is 21.5. The molecule has 0 bridgehead atoms. The summed E-state index contributed by atoms with van der Waals surface area (Å²) in [6, 6.07) is -1.36. The van der Waals surface area contributed by atoms with Crippen molar-refractivity contribution in [2.24, 2.45) is 33.5 Å². The predicted octanol–water partition coefficient (Wildman–Crippen LogP) is 10.4. The van der Waals surface area contributed by atoms with Gasteiger partial charge in [0, 0.05) is 13.3 Å². The molecule has 14 nitrogen and oxygen atoms in total. The molecule has 14 heteroatoms. The van der Waals surface area contributed by atoms with Crippen LogP contribution in [0.25, 0.3) is 0 Å². The van der Waals surface area contributed by atoms with Crippen molar-refractivity contribution in [1.82, 2.24) is 10.6 Å². The molecule has 0 aromatic rings. The van der Waals surface area contributed by atoms with E-state index in [2.05, 4.69) is 17.2 Å². The van der Waals surface area contributed by atoms with Crippen LogP contribution in [0, 0.1) is 33.5 Å². The number of carbonyl (C=O) groups excluding carboxylic acids is 6. The van der Waals surface area contributed by atoms with Gasteiger partial charge >= 0.3 is 36.1 Å². The fourth-order valence-electron chi connectivity index (χ4n) is 3.81. The molecule has 2 amide bonds. The third kappa shape index (κ3) is 52.2. The Hall–Kier alpha value is -3.84. The fraction of sp³-hybridized carbons (Fsp3) is 0.830. The second kappa shape index (κ2) is 31.1. The van der Waals surface area contributed by atoms with Gasteiger partial charge in [0.15, 0.2) is 0 Å². The second-order valence-corrected chi connectivity index (χ2v) is 21.7. The number of esters is 4. The lowest BCUT2D eigenvalue weighted by molar-refractivity contribution is -0.150. The average molecular weight is 875 g/mol. The van der Waals surface area contributed by atoms with Gasteiger partial charge < -0.3 is 39.1 Å². The van der Waals surface area contributed by atoms with E-state index in [-0.39, 0.29) is 52.0 Å². The number of alkyl carbamates (subject to hydrolysis) is 2. The largest absolute Gasteiger partial charge is 0.465 e. The highest BCUT2D eigenvalue weighted by atomic mass is 16.6. The van der Waals surface area contributed by atoms with E-state index in [4.69, 9.17) is 28.4 Å². The summed E-state index contributed by atoms with van der Waals surface area (Å²) in [5.74, 6) is -0.616. The lowest BCUT2D eigenvalue weighted by Gasteiger charge is -2.25. The van der Waals surface area contributed by atoms with Crippen molar-refractivity contribution in [3.05, 3.63) is 12.7 Å². The number of carbonyl (C=O) groups is 6. The number of hydrogen-bond acceptors (Lipinski definition) is 12. The van der Waals surface area contributed by atoms with Gasteiger partial charge in [0.25, 0.3) is 0 Å². The van der Waals surface area contributed by atoms with Crippen LogP contribution in [0.3, 0.4) is 0 Å². The Labute approximate surface area is 371 Å². The molecule has 0 aliphatic rings. The zero-order chi connectivity index (χ0) is 49.0. The van der Waals surface area contributed by atoms with Gasteiger partial charge in [-0.1, -0.05) is 130 Å². The molecule has 0 spiro atoms. The van der Waals surface area contributed by atoms with Crippen LogP contribution in [-0.4, -0.2) is 86.8 Å². The molecular formula is C47H90N2O12. The lowest BCUT2D eigenvalue weighted by atomic mass is 9.98. The highest BCUT2D eigenvalue weighted by molar-refractivity contribution is 5.82. The minimum absolute atomic E-state index is 0.0811. The van der Waals surface area contributed by atoms with Crippen molar-refractivity contribution >= 4 is 36.1 Å². The lowest BCUT2D eigenvalue weighted by Crippen LogP contribution is -2.45. The van der Waals surface area contributed by atoms with Crippen molar-refractivity contribution in [2.45, 2.75) is 189 Å². The molecule has 0 aliphatic carbocycles. The molecule has 2 N–H and O–H groups in total. The van der Waals surface area contributed by atoms with Crippen LogP contribution >= 0.6 is 0 Å². The van der Waals surface area contributed by atoms with Crippen LogP contribution in [0.4, 0.5) is 9.59 Å². The molecule has 0 heterocycles. The molecular weight excluding hydrogens is 785 g/mol. The van der Waals surface area contributed by atoms with E-state index in [1.165, 1.54) is 13.0 Å². The Kier molecular flexibility index (Phi) is 32.5. The molecule has 0 saturated heterocycles. The van der Waals surface area contributed by atoms with Crippen molar-refractivity contribution in [3.8, 4) is 0 Å². The quantitative estimate of drug-likeness (QED) is 0.0852. The molecule has 2 unspecified atom stereocenters. The van der Waals surface area contributed by atoms with Crippen LogP contribution in [0.1, 0.15) is 171 Å². The van der Waals surface area contributed by atoms with E-state index < -0.39 is 41.8 Å². The van der Waals surface area contributed by atoms with Crippen molar-refractivity contribution in [3.63, 3.8) is 0 Å². The number of hydrogen-bond donors (Lipinski definition) is 2. The van der Waals surface area contributed by atoms with Crippen LogP contribution in [0.2, 0.25) is 0 Å². The molecule has 0 saturated carbocycles. The van der Waals surface area contributed by atoms with Gasteiger partial charge in [-0.3, -0.25) is 9.59 Å². The zero-order valence-corrected chi connectivity index (χ0v) is 42.4. The molecule has 0 aromatic heterocycles. The summed E-state index contributed by atoms with van der Waals surface area (Å²) in [7, 11) is 0. The topological polar surface area (TPSA) is 182 Å². The maximum atomic E-state index is 12.1. The monoisotopic (exact) mass is 875 g/mol. The molecule has 0 fully saturated rings. The number of rotatable bonds is 16. The summed E-state index contributed by atoms with van der Waals surface area (Å²) in [4.78, 5) is 68.6. The highest BCUT2D eigenvalue weighted by Crippen LogP contribution is 2.17. The Morgan fingerprint density at radius 2 is 0.885 bits per heavy atom. The number of nitrogens with one attached hydrogen (secondary N) is 2. The van der Waals surface area contributed by atoms with E-state index in [0.717, 1.165) is 6.42 Å². The van der Waals surface area contributed by atoms with Crippen LogP contribution < -0.4 is 10.6 Å². The normalized spacial score (nSPS) is 12.6. The van der Waals surface area contributed by atoms with Gasteiger partial charge in [-0.15, -0.1) is 0 Å². The summed E-state index contributed by atoms with van der Waals surface area (Å²) < 4.78 is 30.3. The Morgan fingerprint density at radius 3 is 1.16 bits per heavy atom. The van der Waals surface area contributed by atoms with Gasteiger partial charge in [-0.25, -0.2) is 19.2 Å². The molecule has 0 rings (SSSR count). The van der Waals surface area contributed by atoms with E-state index in [0.29, 0.717) is 45.7 Å². The molecule has 0 radical (unpaired) electrons.